The van der Waals surface area contributed by atoms with Crippen LogP contribution in [0.5, 0.6) is 5.75 Å². The second-order valence-corrected chi connectivity index (χ2v) is 10.8. The van der Waals surface area contributed by atoms with Crippen LogP contribution in [0.3, 0.4) is 0 Å². The molecular formula is C27H39N3O5S. The number of amides is 2. The molecule has 2 aromatic carbocycles. The van der Waals surface area contributed by atoms with Crippen LogP contribution in [0.25, 0.3) is 0 Å². The number of benzene rings is 2. The molecule has 0 aliphatic heterocycles. The minimum atomic E-state index is -3.77. The summed E-state index contributed by atoms with van der Waals surface area (Å²) in [4.78, 5) is 28.3. The van der Waals surface area contributed by atoms with Crippen molar-refractivity contribution in [3.8, 4) is 5.75 Å². The van der Waals surface area contributed by atoms with Gasteiger partial charge in [0.15, 0.2) is 0 Å². The molecule has 1 atom stereocenters. The SMILES string of the molecule is CCCCNC(=O)[C@H](CC)N(Cc1ccc(OC)cc1)C(=O)CN(c1cccc(C)c1C)S(C)(=O)=O. The third-order valence-corrected chi connectivity index (χ3v) is 7.38. The second-order valence-electron chi connectivity index (χ2n) is 8.93. The third kappa shape index (κ3) is 7.71. The molecule has 2 aromatic rings. The van der Waals surface area contributed by atoms with E-state index in [1.54, 1.807) is 31.4 Å². The highest BCUT2D eigenvalue weighted by molar-refractivity contribution is 7.92. The number of ether oxygens (including phenoxy) is 1. The van der Waals surface area contributed by atoms with Crippen molar-refractivity contribution in [3.05, 3.63) is 59.2 Å². The Morgan fingerprint density at radius 1 is 1.06 bits per heavy atom. The standard InChI is InChI=1S/C27H39N3O5S/c1-7-9-17-28-27(32)24(8-2)29(18-22-13-15-23(35-5)16-14-22)26(31)19-30(36(6,33)34)25-12-10-11-20(3)21(25)4/h10-16,24H,7-9,17-19H2,1-6H3,(H,28,32)/t24-/m0/s1. The van der Waals surface area contributed by atoms with Crippen LogP contribution < -0.4 is 14.4 Å². The number of nitrogens with zero attached hydrogens (tertiary/aromatic N) is 2. The van der Waals surface area contributed by atoms with Crippen molar-refractivity contribution in [1.82, 2.24) is 10.2 Å². The highest BCUT2D eigenvalue weighted by Gasteiger charge is 2.32. The Balaban J connectivity index is 2.44. The van der Waals surface area contributed by atoms with E-state index in [2.05, 4.69) is 5.32 Å². The summed E-state index contributed by atoms with van der Waals surface area (Å²) < 4.78 is 31.9. The summed E-state index contributed by atoms with van der Waals surface area (Å²) in [7, 11) is -2.19. The highest BCUT2D eigenvalue weighted by Crippen LogP contribution is 2.26. The van der Waals surface area contributed by atoms with Crippen LogP contribution in [0.15, 0.2) is 42.5 Å². The smallest absolute Gasteiger partial charge is 0.244 e. The maximum absolute atomic E-state index is 13.7. The number of sulfonamides is 1. The molecular weight excluding hydrogens is 478 g/mol. The van der Waals surface area contributed by atoms with Crippen molar-refractivity contribution in [1.29, 1.82) is 0 Å². The molecule has 0 aliphatic carbocycles. The Kier molecular flexibility index (Phi) is 10.8. The van der Waals surface area contributed by atoms with E-state index in [0.717, 1.165) is 40.1 Å². The number of anilines is 1. The summed E-state index contributed by atoms with van der Waals surface area (Å²) in [5.74, 6) is -0.0146. The number of aryl methyl sites for hydroxylation is 1. The molecule has 2 amide bonds. The number of methoxy groups -OCH3 is 1. The Labute approximate surface area is 215 Å². The first-order valence-corrected chi connectivity index (χ1v) is 14.1. The van der Waals surface area contributed by atoms with Gasteiger partial charge >= 0.3 is 0 Å². The van der Waals surface area contributed by atoms with Gasteiger partial charge in [-0.25, -0.2) is 8.42 Å². The van der Waals surface area contributed by atoms with Crippen molar-refractivity contribution in [2.75, 3.05) is 30.8 Å². The van der Waals surface area contributed by atoms with Crippen LogP contribution in [-0.2, 0) is 26.2 Å². The second kappa shape index (κ2) is 13.3. The van der Waals surface area contributed by atoms with Crippen molar-refractivity contribution in [2.45, 2.75) is 59.5 Å². The van der Waals surface area contributed by atoms with Gasteiger partial charge in [-0.05, 0) is 61.6 Å². The Morgan fingerprint density at radius 3 is 2.28 bits per heavy atom. The molecule has 0 unspecified atom stereocenters. The predicted octanol–water partition coefficient (Wildman–Crippen LogP) is 3.80. The molecule has 36 heavy (non-hydrogen) atoms. The fraction of sp³-hybridized carbons (Fsp3) is 0.481. The molecule has 198 valence electrons. The quantitative estimate of drug-likeness (QED) is 0.408. The summed E-state index contributed by atoms with van der Waals surface area (Å²) in [6.07, 6.45) is 3.25. The Morgan fingerprint density at radius 2 is 1.72 bits per heavy atom. The third-order valence-electron chi connectivity index (χ3n) is 6.25. The molecule has 0 saturated carbocycles. The lowest BCUT2D eigenvalue weighted by molar-refractivity contribution is -0.140. The van der Waals surface area contributed by atoms with Crippen LogP contribution in [-0.4, -0.2) is 57.6 Å². The maximum Gasteiger partial charge on any atom is 0.244 e. The molecule has 0 saturated heterocycles. The van der Waals surface area contributed by atoms with Crippen LogP contribution in [0.4, 0.5) is 5.69 Å². The van der Waals surface area contributed by atoms with Crippen LogP contribution in [0.2, 0.25) is 0 Å². The first kappa shape index (κ1) is 29.2. The summed E-state index contributed by atoms with van der Waals surface area (Å²) in [6, 6.07) is 11.9. The van der Waals surface area contributed by atoms with Gasteiger partial charge in [0, 0.05) is 13.1 Å². The van der Waals surface area contributed by atoms with Crippen LogP contribution in [0.1, 0.15) is 49.8 Å². The molecule has 0 heterocycles. The fourth-order valence-electron chi connectivity index (χ4n) is 3.95. The molecule has 0 aliphatic rings. The van der Waals surface area contributed by atoms with Crippen molar-refractivity contribution in [3.63, 3.8) is 0 Å². The van der Waals surface area contributed by atoms with Gasteiger partial charge in [0.05, 0.1) is 19.1 Å². The lowest BCUT2D eigenvalue weighted by atomic mass is 10.1. The average molecular weight is 518 g/mol. The van der Waals surface area contributed by atoms with E-state index >= 15 is 0 Å². The fourth-order valence-corrected chi connectivity index (χ4v) is 4.85. The maximum atomic E-state index is 13.7. The van der Waals surface area contributed by atoms with E-state index in [-0.39, 0.29) is 12.5 Å². The number of rotatable bonds is 13. The zero-order valence-corrected chi connectivity index (χ0v) is 23.0. The van der Waals surface area contributed by atoms with Gasteiger partial charge in [0.2, 0.25) is 21.8 Å². The minimum absolute atomic E-state index is 0.160. The minimum Gasteiger partial charge on any atom is -0.497 e. The molecule has 0 fully saturated rings. The van der Waals surface area contributed by atoms with Crippen LogP contribution in [0, 0.1) is 13.8 Å². The molecule has 0 aromatic heterocycles. The zero-order valence-electron chi connectivity index (χ0n) is 22.2. The summed E-state index contributed by atoms with van der Waals surface area (Å²) in [5.41, 5.74) is 2.96. The molecule has 0 spiro atoms. The van der Waals surface area contributed by atoms with Gasteiger partial charge in [0.1, 0.15) is 18.3 Å². The van der Waals surface area contributed by atoms with E-state index in [9.17, 15) is 18.0 Å². The highest BCUT2D eigenvalue weighted by atomic mass is 32.2. The first-order valence-electron chi connectivity index (χ1n) is 12.3. The largest absolute Gasteiger partial charge is 0.497 e. The molecule has 0 bridgehead atoms. The summed E-state index contributed by atoms with van der Waals surface area (Å²) >= 11 is 0. The van der Waals surface area contributed by atoms with Gasteiger partial charge in [-0.2, -0.15) is 0 Å². The number of nitrogens with one attached hydrogen (secondary N) is 1. The molecule has 2 rings (SSSR count). The number of hydrogen-bond acceptors (Lipinski definition) is 5. The summed E-state index contributed by atoms with van der Waals surface area (Å²) in [6.45, 7) is 7.88. The molecule has 8 nitrogen and oxygen atoms in total. The monoisotopic (exact) mass is 517 g/mol. The lowest BCUT2D eigenvalue weighted by Crippen LogP contribution is -2.52. The normalized spacial score (nSPS) is 12.1. The number of hydrogen-bond donors (Lipinski definition) is 1. The van der Waals surface area contributed by atoms with Crippen molar-refractivity contribution >= 4 is 27.5 Å². The van der Waals surface area contributed by atoms with E-state index in [4.69, 9.17) is 4.74 Å². The van der Waals surface area contributed by atoms with Gasteiger partial charge in [0.25, 0.3) is 0 Å². The zero-order chi connectivity index (χ0) is 26.9. The lowest BCUT2D eigenvalue weighted by Gasteiger charge is -2.33. The molecule has 9 heteroatoms. The van der Waals surface area contributed by atoms with E-state index in [1.165, 1.54) is 4.90 Å². The van der Waals surface area contributed by atoms with E-state index < -0.39 is 28.5 Å². The van der Waals surface area contributed by atoms with Gasteiger partial charge in [-0.15, -0.1) is 0 Å². The van der Waals surface area contributed by atoms with Crippen LogP contribution >= 0.6 is 0 Å². The predicted molar refractivity (Wildman–Crippen MR) is 144 cm³/mol. The number of carbonyl (C=O) groups is 2. The van der Waals surface area contributed by atoms with Gasteiger partial charge < -0.3 is 15.0 Å². The molecule has 1 N–H and O–H groups in total. The van der Waals surface area contributed by atoms with Crippen molar-refractivity contribution in [2.24, 2.45) is 0 Å². The van der Waals surface area contributed by atoms with Gasteiger partial charge in [-0.3, -0.25) is 13.9 Å². The first-order chi connectivity index (χ1) is 17.0. The average Bonchev–Trinajstić information content (AvgIpc) is 2.84. The van der Waals surface area contributed by atoms with E-state index in [1.807, 2.05) is 45.9 Å². The van der Waals surface area contributed by atoms with Gasteiger partial charge in [-0.1, -0.05) is 44.5 Å². The molecule has 0 radical (unpaired) electrons. The summed E-state index contributed by atoms with van der Waals surface area (Å²) in [5, 5.41) is 2.92. The Bertz CT molecular complexity index is 1130. The number of unbranched alkanes of at least 4 members (excludes halogenated alkanes) is 1. The topological polar surface area (TPSA) is 96.0 Å². The van der Waals surface area contributed by atoms with E-state index in [0.29, 0.717) is 24.4 Å². The number of carbonyl (C=O) groups excluding carboxylic acids is 2. The van der Waals surface area contributed by atoms with Crippen molar-refractivity contribution < 1.29 is 22.7 Å². The Hall–Kier alpha value is -3.07.